The van der Waals surface area contributed by atoms with Crippen LogP contribution in [-0.2, 0) is 0 Å². The van der Waals surface area contributed by atoms with Gasteiger partial charge in [0, 0.05) is 12.1 Å². The van der Waals surface area contributed by atoms with E-state index in [-0.39, 0.29) is 5.91 Å². The van der Waals surface area contributed by atoms with Gasteiger partial charge in [0.25, 0.3) is 5.91 Å². The van der Waals surface area contributed by atoms with E-state index in [2.05, 4.69) is 17.3 Å². The number of ether oxygens (including phenoxy) is 1. The Bertz CT molecular complexity index is 409. The third kappa shape index (κ3) is 3.96. The van der Waals surface area contributed by atoms with E-state index < -0.39 is 0 Å². The second-order valence-electron chi connectivity index (χ2n) is 5.19. The Morgan fingerprint density at radius 1 is 1.32 bits per heavy atom. The first-order valence-corrected chi connectivity index (χ1v) is 6.80. The summed E-state index contributed by atoms with van der Waals surface area (Å²) in [5, 5.41) is 3.02. The van der Waals surface area contributed by atoms with Crippen LogP contribution in [0.5, 0.6) is 5.75 Å². The van der Waals surface area contributed by atoms with Crippen molar-refractivity contribution in [3.63, 3.8) is 0 Å². The number of nitrogens with one attached hydrogen (secondary N) is 1. The van der Waals surface area contributed by atoms with Crippen molar-refractivity contribution in [1.82, 2.24) is 10.2 Å². The minimum atomic E-state index is 0.00146. The van der Waals surface area contributed by atoms with Crippen LogP contribution < -0.4 is 10.1 Å². The highest BCUT2D eigenvalue weighted by Crippen LogP contribution is 2.15. The maximum absolute atomic E-state index is 12.0. The maximum atomic E-state index is 12.0. The largest absolute Gasteiger partial charge is 0.497 e. The molecule has 2 rings (SSSR count). The van der Waals surface area contributed by atoms with E-state index in [1.807, 2.05) is 12.1 Å². The molecule has 0 bridgehead atoms. The molecular weight excluding hydrogens is 240 g/mol. The van der Waals surface area contributed by atoms with E-state index in [0.29, 0.717) is 11.5 Å². The van der Waals surface area contributed by atoms with Crippen molar-refractivity contribution < 1.29 is 9.53 Å². The van der Waals surface area contributed by atoms with Gasteiger partial charge in [0.2, 0.25) is 0 Å². The number of likely N-dealkylation sites (tertiary alicyclic amines) is 1. The van der Waals surface area contributed by atoms with Crippen LogP contribution in [0.4, 0.5) is 0 Å². The zero-order chi connectivity index (χ0) is 13.7. The summed E-state index contributed by atoms with van der Waals surface area (Å²) in [5.74, 6) is 1.38. The highest BCUT2D eigenvalue weighted by atomic mass is 16.5. The summed E-state index contributed by atoms with van der Waals surface area (Å²) in [5.41, 5.74) is 0.689. The highest BCUT2D eigenvalue weighted by molar-refractivity contribution is 5.94. The van der Waals surface area contributed by atoms with Crippen molar-refractivity contribution >= 4 is 5.91 Å². The van der Waals surface area contributed by atoms with Gasteiger partial charge in [0.05, 0.1) is 7.11 Å². The lowest BCUT2D eigenvalue weighted by Gasteiger charge is -2.28. The van der Waals surface area contributed by atoms with Crippen molar-refractivity contribution in [1.29, 1.82) is 0 Å². The Morgan fingerprint density at radius 2 is 1.95 bits per heavy atom. The molecule has 1 aromatic rings. The molecule has 0 aliphatic carbocycles. The molecule has 1 heterocycles. The average molecular weight is 262 g/mol. The zero-order valence-corrected chi connectivity index (χ0v) is 11.7. The Kier molecular flexibility index (Phi) is 4.80. The molecule has 1 saturated heterocycles. The number of nitrogens with zero attached hydrogens (tertiary/aromatic N) is 1. The molecule has 1 N–H and O–H groups in total. The molecule has 0 aromatic heterocycles. The molecular formula is C15H22N2O2. The number of hydrogen-bond donors (Lipinski definition) is 1. The van der Waals surface area contributed by atoms with Crippen LogP contribution in [-0.4, -0.2) is 44.6 Å². The number of piperidine rings is 1. The molecule has 4 heteroatoms. The number of hydrogen-bond acceptors (Lipinski definition) is 3. The molecule has 1 aliphatic heterocycles. The molecule has 4 nitrogen and oxygen atoms in total. The lowest BCUT2D eigenvalue weighted by atomic mass is 9.97. The molecule has 0 spiro atoms. The summed E-state index contributed by atoms with van der Waals surface area (Å²) in [6.07, 6.45) is 2.33. The normalized spacial score (nSPS) is 17.2. The van der Waals surface area contributed by atoms with Crippen molar-refractivity contribution in [3.8, 4) is 5.75 Å². The SMILES string of the molecule is COc1ccc(C(=O)NCC2CCN(C)CC2)cc1. The third-order valence-electron chi connectivity index (χ3n) is 3.74. The van der Waals surface area contributed by atoms with E-state index in [1.165, 1.54) is 12.8 Å². The Labute approximate surface area is 114 Å². The summed E-state index contributed by atoms with van der Waals surface area (Å²) in [4.78, 5) is 14.3. The van der Waals surface area contributed by atoms with Crippen LogP contribution >= 0.6 is 0 Å². The molecule has 19 heavy (non-hydrogen) atoms. The summed E-state index contributed by atoms with van der Waals surface area (Å²) in [7, 11) is 3.77. The smallest absolute Gasteiger partial charge is 0.251 e. The van der Waals surface area contributed by atoms with Crippen LogP contribution in [0.1, 0.15) is 23.2 Å². The average Bonchev–Trinajstić information content (AvgIpc) is 2.46. The van der Waals surface area contributed by atoms with Crippen molar-refractivity contribution in [2.45, 2.75) is 12.8 Å². The van der Waals surface area contributed by atoms with Crippen LogP contribution in [0.15, 0.2) is 24.3 Å². The van der Waals surface area contributed by atoms with Gasteiger partial charge in [0.1, 0.15) is 5.75 Å². The first kappa shape index (κ1) is 13.9. The van der Waals surface area contributed by atoms with E-state index in [9.17, 15) is 4.79 Å². The topological polar surface area (TPSA) is 41.6 Å². The molecule has 1 amide bonds. The fourth-order valence-corrected chi connectivity index (χ4v) is 2.35. The van der Waals surface area contributed by atoms with Crippen LogP contribution in [0.25, 0.3) is 0 Å². The Balaban J connectivity index is 1.80. The fourth-order valence-electron chi connectivity index (χ4n) is 2.35. The summed E-state index contributed by atoms with van der Waals surface area (Å²) in [6, 6.07) is 7.21. The first-order chi connectivity index (χ1) is 9.19. The summed E-state index contributed by atoms with van der Waals surface area (Å²) < 4.78 is 5.08. The summed E-state index contributed by atoms with van der Waals surface area (Å²) >= 11 is 0. The predicted molar refractivity (Wildman–Crippen MR) is 75.5 cm³/mol. The van der Waals surface area contributed by atoms with Gasteiger partial charge in [-0.05, 0) is 63.2 Å². The van der Waals surface area contributed by atoms with Gasteiger partial charge in [-0.1, -0.05) is 0 Å². The van der Waals surface area contributed by atoms with Gasteiger partial charge in [-0.15, -0.1) is 0 Å². The minimum absolute atomic E-state index is 0.00146. The van der Waals surface area contributed by atoms with Crippen LogP contribution in [0.2, 0.25) is 0 Å². The lowest BCUT2D eigenvalue weighted by Crippen LogP contribution is -2.36. The zero-order valence-electron chi connectivity index (χ0n) is 11.7. The predicted octanol–water partition coefficient (Wildman–Crippen LogP) is 1.77. The standard InChI is InChI=1S/C15H22N2O2/c1-17-9-7-12(8-10-17)11-16-15(18)13-3-5-14(19-2)6-4-13/h3-6,12H,7-11H2,1-2H3,(H,16,18). The van der Waals surface area contributed by atoms with E-state index >= 15 is 0 Å². The number of rotatable bonds is 4. The van der Waals surface area contributed by atoms with E-state index in [1.54, 1.807) is 19.2 Å². The minimum Gasteiger partial charge on any atom is -0.497 e. The van der Waals surface area contributed by atoms with Crippen molar-refractivity contribution in [2.75, 3.05) is 33.8 Å². The van der Waals surface area contributed by atoms with Gasteiger partial charge in [-0.2, -0.15) is 0 Å². The molecule has 0 radical (unpaired) electrons. The first-order valence-electron chi connectivity index (χ1n) is 6.80. The highest BCUT2D eigenvalue weighted by Gasteiger charge is 2.17. The van der Waals surface area contributed by atoms with Gasteiger partial charge in [-0.25, -0.2) is 0 Å². The van der Waals surface area contributed by atoms with Gasteiger partial charge in [-0.3, -0.25) is 4.79 Å². The van der Waals surface area contributed by atoms with Crippen molar-refractivity contribution in [2.24, 2.45) is 5.92 Å². The monoisotopic (exact) mass is 262 g/mol. The second kappa shape index (κ2) is 6.57. The molecule has 1 fully saturated rings. The maximum Gasteiger partial charge on any atom is 0.251 e. The molecule has 0 atom stereocenters. The van der Waals surface area contributed by atoms with Gasteiger partial charge < -0.3 is 15.0 Å². The Morgan fingerprint density at radius 3 is 2.53 bits per heavy atom. The van der Waals surface area contributed by atoms with E-state index in [0.717, 1.165) is 25.4 Å². The van der Waals surface area contributed by atoms with Crippen LogP contribution in [0.3, 0.4) is 0 Å². The lowest BCUT2D eigenvalue weighted by molar-refractivity contribution is 0.0939. The van der Waals surface area contributed by atoms with Gasteiger partial charge in [0.15, 0.2) is 0 Å². The molecule has 104 valence electrons. The number of carbonyl (C=O) groups excluding carboxylic acids is 1. The number of methoxy groups -OCH3 is 1. The second-order valence-corrected chi connectivity index (χ2v) is 5.19. The molecule has 1 aromatic carbocycles. The fraction of sp³-hybridized carbons (Fsp3) is 0.533. The molecule has 1 aliphatic rings. The molecule has 0 unspecified atom stereocenters. The third-order valence-corrected chi connectivity index (χ3v) is 3.74. The quantitative estimate of drug-likeness (QED) is 0.899. The number of amides is 1. The number of benzene rings is 1. The molecule has 0 saturated carbocycles. The van der Waals surface area contributed by atoms with Gasteiger partial charge >= 0.3 is 0 Å². The van der Waals surface area contributed by atoms with E-state index in [4.69, 9.17) is 4.74 Å². The van der Waals surface area contributed by atoms with Crippen LogP contribution in [0, 0.1) is 5.92 Å². The summed E-state index contributed by atoms with van der Waals surface area (Å²) in [6.45, 7) is 3.03. The van der Waals surface area contributed by atoms with Crippen molar-refractivity contribution in [3.05, 3.63) is 29.8 Å². The number of carbonyl (C=O) groups is 1. The Hall–Kier alpha value is -1.55.